The minimum atomic E-state index is -0.431. The molecule has 0 heterocycles. The molecule has 0 aromatic rings. The summed E-state index contributed by atoms with van der Waals surface area (Å²) in [5, 5.41) is 5.94. The van der Waals surface area contributed by atoms with Crippen LogP contribution >= 0.6 is 0 Å². The predicted molar refractivity (Wildman–Crippen MR) is 168 cm³/mol. The predicted octanol–water partition coefficient (Wildman–Crippen LogP) is 5.02. The van der Waals surface area contributed by atoms with Crippen molar-refractivity contribution in [2.24, 2.45) is 5.73 Å². The van der Waals surface area contributed by atoms with E-state index in [-0.39, 0.29) is 6.09 Å². The molecule has 0 unspecified atom stereocenters. The Balaban J connectivity index is -0.000000509. The molecule has 0 rings (SSSR count). The van der Waals surface area contributed by atoms with Crippen LogP contribution in [0.4, 0.5) is 4.79 Å². The van der Waals surface area contributed by atoms with Gasteiger partial charge in [0.1, 0.15) is 5.60 Å². The van der Waals surface area contributed by atoms with Crippen molar-refractivity contribution < 1.29 is 9.53 Å². The van der Waals surface area contributed by atoms with E-state index in [1.54, 1.807) is 0 Å². The van der Waals surface area contributed by atoms with Crippen molar-refractivity contribution in [3.05, 3.63) is 0 Å². The zero-order valence-corrected chi connectivity index (χ0v) is 28.4. The normalized spacial score (nSPS) is 12.2. The van der Waals surface area contributed by atoms with Crippen LogP contribution in [0.15, 0.2) is 0 Å². The first-order valence-electron chi connectivity index (χ1n) is 14.9. The highest BCUT2D eigenvalue weighted by molar-refractivity contribution is 5.67. The summed E-state index contributed by atoms with van der Waals surface area (Å²) in [6.07, 6.45) is -0.343. The number of likely N-dealkylation sites (N-methyl/N-ethyl adjacent to an activating group) is 1. The molecule has 0 aliphatic rings. The second-order valence-electron chi connectivity index (χ2n) is 12.6. The summed E-state index contributed by atoms with van der Waals surface area (Å²) >= 11 is 0. The van der Waals surface area contributed by atoms with Crippen molar-refractivity contribution in [3.8, 4) is 0 Å². The summed E-state index contributed by atoms with van der Waals surface area (Å²) in [6, 6.07) is 3.50. The highest BCUT2D eigenvalue weighted by atomic mass is 16.6. The maximum Gasteiger partial charge on any atom is 0.407 e. The number of ether oxygens (including phenoxy) is 1. The minimum Gasteiger partial charge on any atom is -0.444 e. The molecule has 8 heteroatoms. The molecule has 0 atom stereocenters. The van der Waals surface area contributed by atoms with Crippen molar-refractivity contribution >= 4 is 6.09 Å². The third-order valence-corrected chi connectivity index (χ3v) is 6.03. The Hall–Kier alpha value is -0.930. The number of carbonyl (C=O) groups is 1. The molecule has 4 N–H and O–H groups in total. The highest BCUT2D eigenvalue weighted by Crippen LogP contribution is 2.07. The van der Waals surface area contributed by atoms with E-state index < -0.39 is 5.60 Å². The van der Waals surface area contributed by atoms with Gasteiger partial charge in [0.2, 0.25) is 0 Å². The fraction of sp³-hybridized carbons (Fsp3) is 0.967. The second kappa shape index (κ2) is 22.8. The van der Waals surface area contributed by atoms with Crippen molar-refractivity contribution in [3.63, 3.8) is 0 Å². The highest BCUT2D eigenvalue weighted by Gasteiger charge is 2.17. The molecule has 232 valence electrons. The van der Waals surface area contributed by atoms with Gasteiger partial charge in [0, 0.05) is 75.5 Å². The minimum absolute atomic E-state index is 0.343. The van der Waals surface area contributed by atoms with Gasteiger partial charge in [-0.05, 0) is 111 Å². The Bertz CT molecular complexity index is 521. The van der Waals surface area contributed by atoms with E-state index in [4.69, 9.17) is 10.5 Å². The molecule has 0 saturated carbocycles. The van der Waals surface area contributed by atoms with E-state index in [1.165, 1.54) is 0 Å². The summed E-state index contributed by atoms with van der Waals surface area (Å²) in [4.78, 5) is 18.6. The van der Waals surface area contributed by atoms with Crippen molar-refractivity contribution in [2.75, 3.05) is 46.3 Å². The molecule has 0 aliphatic carbocycles. The second-order valence-corrected chi connectivity index (χ2v) is 12.6. The van der Waals surface area contributed by atoms with Gasteiger partial charge in [0.25, 0.3) is 0 Å². The van der Waals surface area contributed by atoms with Gasteiger partial charge in [0.15, 0.2) is 0 Å². The van der Waals surface area contributed by atoms with Gasteiger partial charge in [-0.15, -0.1) is 0 Å². The molecular weight excluding hydrogens is 476 g/mol. The fourth-order valence-electron chi connectivity index (χ4n) is 4.33. The molecule has 8 nitrogen and oxygen atoms in total. The number of rotatable bonds is 14. The standard InChI is InChI=1S/C13H28N2O2.C9H22N2.C8H20N2/c1-10(2)15(11(3)4)9-8-14-12(16)17-13(5,6)7;1-8(2)11(9(3)4)7-6-10-5;1-7(2)10(6-5-9)8(3)4/h10-11H,8-9H2,1-7H3,(H,14,16);8-10H,6-7H2,1-5H3;7-8H,5-6,9H2,1-4H3. The molecule has 1 amide bonds. The van der Waals surface area contributed by atoms with E-state index in [9.17, 15) is 4.79 Å². The first kappa shape index (κ1) is 41.5. The number of hydrogen-bond donors (Lipinski definition) is 3. The van der Waals surface area contributed by atoms with Crippen LogP contribution in [0.2, 0.25) is 0 Å². The molecule has 0 bridgehead atoms. The van der Waals surface area contributed by atoms with Gasteiger partial charge in [-0.2, -0.15) is 0 Å². The van der Waals surface area contributed by atoms with E-state index in [1.807, 2.05) is 27.8 Å². The zero-order valence-electron chi connectivity index (χ0n) is 28.4. The number of alkyl carbamates (subject to hydrolysis) is 1. The first-order valence-corrected chi connectivity index (χ1v) is 14.9. The monoisotopic (exact) mass is 547 g/mol. The summed E-state index contributed by atoms with van der Waals surface area (Å²) in [5.41, 5.74) is 5.03. The van der Waals surface area contributed by atoms with Crippen LogP contribution in [0.1, 0.15) is 104 Å². The van der Waals surface area contributed by atoms with Crippen molar-refractivity contribution in [1.29, 1.82) is 0 Å². The lowest BCUT2D eigenvalue weighted by Crippen LogP contribution is -2.43. The number of nitrogens with one attached hydrogen (secondary N) is 2. The SMILES string of the molecule is CC(C)N(CCN)C(C)C.CC(C)N(CCNC(=O)OC(C)(C)C)C(C)C.CNCCN(C(C)C)C(C)C. The fourth-order valence-corrected chi connectivity index (χ4v) is 4.33. The summed E-state index contributed by atoms with van der Waals surface area (Å²) in [5.74, 6) is 0. The zero-order chi connectivity index (χ0) is 30.6. The van der Waals surface area contributed by atoms with Crippen LogP contribution in [0.5, 0.6) is 0 Å². The maximum absolute atomic E-state index is 11.4. The Labute approximate surface area is 238 Å². The topological polar surface area (TPSA) is 86.1 Å². The Kier molecular flexibility index (Phi) is 25.0. The van der Waals surface area contributed by atoms with Crippen molar-refractivity contribution in [1.82, 2.24) is 25.3 Å². The van der Waals surface area contributed by atoms with E-state index >= 15 is 0 Å². The number of hydrogen-bond acceptors (Lipinski definition) is 7. The molecule has 38 heavy (non-hydrogen) atoms. The van der Waals surface area contributed by atoms with Crippen molar-refractivity contribution in [2.45, 2.75) is 146 Å². The Morgan fingerprint density at radius 3 is 1.21 bits per heavy atom. The molecule has 0 aromatic heterocycles. The lowest BCUT2D eigenvalue weighted by Gasteiger charge is -2.30. The van der Waals surface area contributed by atoms with Crippen LogP contribution < -0.4 is 16.4 Å². The van der Waals surface area contributed by atoms with Crippen LogP contribution in [-0.2, 0) is 4.74 Å². The van der Waals surface area contributed by atoms with E-state index in [0.717, 1.165) is 32.7 Å². The first-order chi connectivity index (χ1) is 17.3. The van der Waals surface area contributed by atoms with Gasteiger partial charge >= 0.3 is 6.09 Å². The molecule has 0 radical (unpaired) electrons. The lowest BCUT2D eigenvalue weighted by atomic mass is 10.2. The van der Waals surface area contributed by atoms with Crippen LogP contribution in [0.25, 0.3) is 0 Å². The molecule has 0 fully saturated rings. The van der Waals surface area contributed by atoms with Gasteiger partial charge in [-0.1, -0.05) is 0 Å². The third-order valence-electron chi connectivity index (χ3n) is 6.03. The molecule has 0 spiro atoms. The summed E-state index contributed by atoms with van der Waals surface area (Å²) < 4.78 is 5.17. The Morgan fingerprint density at radius 1 is 0.658 bits per heavy atom. The largest absolute Gasteiger partial charge is 0.444 e. The summed E-state index contributed by atoms with van der Waals surface area (Å²) in [7, 11) is 2.00. The molecule has 0 aliphatic heterocycles. The third kappa shape index (κ3) is 24.1. The van der Waals surface area contributed by atoms with E-state index in [0.29, 0.717) is 42.8 Å². The van der Waals surface area contributed by atoms with Crippen LogP contribution in [0.3, 0.4) is 0 Å². The van der Waals surface area contributed by atoms with Gasteiger partial charge < -0.3 is 21.1 Å². The average molecular weight is 547 g/mol. The Morgan fingerprint density at radius 2 is 0.974 bits per heavy atom. The number of nitrogens with zero attached hydrogens (tertiary/aromatic N) is 3. The number of amides is 1. The quantitative estimate of drug-likeness (QED) is 0.282. The smallest absolute Gasteiger partial charge is 0.407 e. The van der Waals surface area contributed by atoms with Crippen LogP contribution in [0, 0.1) is 0 Å². The lowest BCUT2D eigenvalue weighted by molar-refractivity contribution is 0.0515. The molecular formula is C30H70N6O2. The van der Waals surface area contributed by atoms with Gasteiger partial charge in [0.05, 0.1) is 0 Å². The molecule has 0 saturated heterocycles. The van der Waals surface area contributed by atoms with E-state index in [2.05, 4.69) is 108 Å². The van der Waals surface area contributed by atoms with Gasteiger partial charge in [-0.25, -0.2) is 4.79 Å². The maximum atomic E-state index is 11.4. The number of carbonyl (C=O) groups excluding carboxylic acids is 1. The van der Waals surface area contributed by atoms with Gasteiger partial charge in [-0.3, -0.25) is 14.7 Å². The van der Waals surface area contributed by atoms with Crippen LogP contribution in [-0.4, -0.2) is 109 Å². The number of nitrogens with two attached hydrogens (primary N) is 1. The average Bonchev–Trinajstić information content (AvgIpc) is 2.73. The molecule has 0 aromatic carbocycles. The summed E-state index contributed by atoms with van der Waals surface area (Å²) in [6.45, 7) is 37.5.